The monoisotopic (exact) mass is 558 g/mol. The number of carbonyl (C=O) groups is 1. The average molecular weight is 559 g/mol. The number of nitrogens with zero attached hydrogens (tertiary/aromatic N) is 1. The molecule has 0 saturated heterocycles. The Labute approximate surface area is 226 Å². The average Bonchev–Trinajstić information content (AvgIpc) is 3.26. The molecule has 0 aliphatic rings. The number of furan rings is 1. The van der Waals surface area contributed by atoms with E-state index in [9.17, 15) is 18.5 Å². The van der Waals surface area contributed by atoms with Crippen LogP contribution in [0.4, 0.5) is 8.78 Å². The van der Waals surface area contributed by atoms with Gasteiger partial charge in [-0.2, -0.15) is 4.39 Å². The van der Waals surface area contributed by atoms with E-state index in [0.717, 1.165) is 0 Å². The molecule has 0 saturated carbocycles. The molecule has 0 spiro atoms. The third kappa shape index (κ3) is 6.61. The Morgan fingerprint density at radius 3 is 2.59 bits per heavy atom. The summed E-state index contributed by atoms with van der Waals surface area (Å²) in [5.74, 6) is -0.886. The van der Waals surface area contributed by atoms with Crippen molar-refractivity contribution in [2.75, 3.05) is 7.11 Å². The number of ether oxygens (including phenoxy) is 2. The highest BCUT2D eigenvalue weighted by molar-refractivity contribution is 7.84. The number of hydrogen-bond donors (Lipinski definition) is 2. The Kier molecular flexibility index (Phi) is 8.31. The molecule has 1 atom stereocenters. The fourth-order valence-corrected chi connectivity index (χ4v) is 4.60. The maximum absolute atomic E-state index is 15.6. The van der Waals surface area contributed by atoms with Crippen molar-refractivity contribution in [3.63, 3.8) is 0 Å². The summed E-state index contributed by atoms with van der Waals surface area (Å²) < 4.78 is 60.8. The molecular weight excluding hydrogens is 530 g/mol. The van der Waals surface area contributed by atoms with Crippen molar-refractivity contribution in [2.24, 2.45) is 0 Å². The quantitative estimate of drug-likeness (QED) is 0.263. The van der Waals surface area contributed by atoms with E-state index in [1.807, 2.05) is 0 Å². The first kappa shape index (κ1) is 28.2. The van der Waals surface area contributed by atoms with Crippen molar-refractivity contribution in [1.29, 1.82) is 0 Å². The van der Waals surface area contributed by atoms with Gasteiger partial charge in [-0.15, -0.1) is 0 Å². The second-order valence-electron chi connectivity index (χ2n) is 9.77. The molecule has 0 fully saturated rings. The molecule has 0 aliphatic carbocycles. The lowest BCUT2D eigenvalue weighted by Gasteiger charge is -2.18. The number of benzene rings is 2. The van der Waals surface area contributed by atoms with E-state index >= 15 is 4.39 Å². The maximum Gasteiger partial charge on any atom is 0.307 e. The van der Waals surface area contributed by atoms with Crippen LogP contribution < -0.4 is 14.2 Å². The number of methoxy groups -OCH3 is 1. The van der Waals surface area contributed by atoms with Crippen molar-refractivity contribution in [3.8, 4) is 22.6 Å². The Hall–Kier alpha value is -3.83. The zero-order chi connectivity index (χ0) is 28.3. The van der Waals surface area contributed by atoms with Crippen molar-refractivity contribution in [1.82, 2.24) is 9.71 Å². The molecular formula is C28H28F2N2O6S. The number of fused-ring (bicyclic) bond motifs is 1. The molecule has 4 aromatic rings. The molecule has 0 bridgehead atoms. The van der Waals surface area contributed by atoms with Gasteiger partial charge >= 0.3 is 5.97 Å². The van der Waals surface area contributed by atoms with Gasteiger partial charge in [-0.05, 0) is 50.6 Å². The standard InChI is InChI=1S/C28H28F2N2O6S/c1-28(2,3)39(35)32-14-22-26(30)20(7-8-31-22)21-10-16(9-18-11-24(29)38-27(18)21)15-37-23-13-19(36-4)6-5-17(23)12-25(33)34/h5-11,13,32H,12,14-15H2,1-4H3,(H,33,34). The predicted octanol–water partition coefficient (Wildman–Crippen LogP) is 5.54. The van der Waals surface area contributed by atoms with Gasteiger partial charge in [0, 0.05) is 40.4 Å². The van der Waals surface area contributed by atoms with Crippen molar-refractivity contribution in [3.05, 3.63) is 77.3 Å². The van der Waals surface area contributed by atoms with Gasteiger partial charge in [0.2, 0.25) is 0 Å². The molecule has 2 aromatic carbocycles. The molecule has 8 nitrogen and oxygen atoms in total. The van der Waals surface area contributed by atoms with Gasteiger partial charge in [-0.25, -0.2) is 13.3 Å². The molecule has 2 aromatic heterocycles. The molecule has 0 aliphatic heterocycles. The van der Waals surface area contributed by atoms with E-state index in [2.05, 4.69) is 9.71 Å². The van der Waals surface area contributed by atoms with Gasteiger partial charge in [0.1, 0.15) is 23.7 Å². The van der Waals surface area contributed by atoms with Gasteiger partial charge in [0.15, 0.2) is 5.82 Å². The van der Waals surface area contributed by atoms with Crippen LogP contribution in [0.1, 0.15) is 37.6 Å². The van der Waals surface area contributed by atoms with Crippen LogP contribution in [-0.4, -0.2) is 32.1 Å². The largest absolute Gasteiger partial charge is 0.497 e. The summed E-state index contributed by atoms with van der Waals surface area (Å²) in [5, 5.41) is 9.64. The lowest BCUT2D eigenvalue weighted by molar-refractivity contribution is -0.136. The fraction of sp³-hybridized carbons (Fsp3) is 0.286. The minimum atomic E-state index is -1.44. The summed E-state index contributed by atoms with van der Waals surface area (Å²) >= 11 is 0. The smallest absolute Gasteiger partial charge is 0.307 e. The SMILES string of the molecule is COc1ccc(CC(=O)O)c(OCc2cc(-c3ccnc(CNS(=O)C(C)(C)C)c3F)c3oc(F)cc3c2)c1. The van der Waals surface area contributed by atoms with Crippen molar-refractivity contribution < 1.29 is 36.8 Å². The van der Waals surface area contributed by atoms with Gasteiger partial charge in [-0.1, -0.05) is 6.07 Å². The molecule has 4 rings (SSSR count). The zero-order valence-electron chi connectivity index (χ0n) is 21.8. The third-order valence-corrected chi connectivity index (χ3v) is 7.35. The molecule has 11 heteroatoms. The topological polar surface area (TPSA) is 111 Å². The van der Waals surface area contributed by atoms with Gasteiger partial charge < -0.3 is 19.0 Å². The number of carboxylic acids is 1. The summed E-state index contributed by atoms with van der Waals surface area (Å²) in [6.45, 7) is 5.28. The number of aromatic nitrogens is 1. The maximum atomic E-state index is 15.6. The normalized spacial score (nSPS) is 12.5. The molecule has 206 valence electrons. The first-order valence-electron chi connectivity index (χ1n) is 12.0. The number of nitrogens with one attached hydrogen (secondary N) is 1. The molecule has 2 heterocycles. The van der Waals surface area contributed by atoms with Crippen LogP contribution >= 0.6 is 0 Å². The minimum Gasteiger partial charge on any atom is -0.497 e. The first-order valence-corrected chi connectivity index (χ1v) is 13.1. The zero-order valence-corrected chi connectivity index (χ0v) is 22.7. The molecule has 2 N–H and O–H groups in total. The van der Waals surface area contributed by atoms with Crippen LogP contribution in [0.3, 0.4) is 0 Å². The summed E-state index contributed by atoms with van der Waals surface area (Å²) in [6.07, 6.45) is 1.16. The van der Waals surface area contributed by atoms with Gasteiger partial charge in [-0.3, -0.25) is 9.78 Å². The summed E-state index contributed by atoms with van der Waals surface area (Å²) in [7, 11) is 0.0474. The minimum absolute atomic E-state index is 0.0266. The highest BCUT2D eigenvalue weighted by atomic mass is 32.2. The molecule has 0 amide bonds. The lowest BCUT2D eigenvalue weighted by Crippen LogP contribution is -2.33. The highest BCUT2D eigenvalue weighted by Gasteiger charge is 2.22. The number of hydrogen-bond acceptors (Lipinski definition) is 6. The number of rotatable bonds is 10. The van der Waals surface area contributed by atoms with E-state index in [-0.39, 0.29) is 42.0 Å². The Bertz CT molecular complexity index is 1550. The van der Waals surface area contributed by atoms with Gasteiger partial charge in [0.25, 0.3) is 6.01 Å². The number of pyridine rings is 1. The van der Waals surface area contributed by atoms with Gasteiger partial charge in [0.05, 0.1) is 41.5 Å². The molecule has 0 radical (unpaired) electrons. The number of halogens is 2. The van der Waals surface area contributed by atoms with E-state index in [1.54, 1.807) is 51.1 Å². The summed E-state index contributed by atoms with van der Waals surface area (Å²) in [4.78, 5) is 15.4. The van der Waals surface area contributed by atoms with E-state index in [1.165, 1.54) is 25.4 Å². The van der Waals surface area contributed by atoms with Crippen LogP contribution in [0, 0.1) is 11.8 Å². The molecule has 39 heavy (non-hydrogen) atoms. The van der Waals surface area contributed by atoms with Crippen molar-refractivity contribution >= 4 is 27.9 Å². The Morgan fingerprint density at radius 1 is 1.13 bits per heavy atom. The summed E-state index contributed by atoms with van der Waals surface area (Å²) in [5.41, 5.74) is 1.60. The second-order valence-corrected chi connectivity index (χ2v) is 11.8. The number of aliphatic carboxylic acids is 1. The Morgan fingerprint density at radius 2 is 1.90 bits per heavy atom. The third-order valence-electron chi connectivity index (χ3n) is 5.83. The van der Waals surface area contributed by atoms with Crippen LogP contribution in [-0.2, 0) is 35.4 Å². The first-order chi connectivity index (χ1) is 18.5. The van der Waals surface area contributed by atoms with Crippen LogP contribution in [0.2, 0.25) is 0 Å². The summed E-state index contributed by atoms with van der Waals surface area (Å²) in [6, 6.07) is 9.90. The Balaban J connectivity index is 1.69. The van der Waals surface area contributed by atoms with Crippen LogP contribution in [0.25, 0.3) is 22.1 Å². The van der Waals surface area contributed by atoms with E-state index in [0.29, 0.717) is 28.0 Å². The highest BCUT2D eigenvalue weighted by Crippen LogP contribution is 2.35. The number of carboxylic acid groups (broad SMARTS) is 1. The van der Waals surface area contributed by atoms with E-state index < -0.39 is 33.5 Å². The second kappa shape index (κ2) is 11.5. The predicted molar refractivity (Wildman–Crippen MR) is 143 cm³/mol. The van der Waals surface area contributed by atoms with E-state index in [4.69, 9.17) is 13.9 Å². The fourth-order valence-electron chi connectivity index (χ4n) is 3.90. The molecule has 1 unspecified atom stereocenters. The van der Waals surface area contributed by atoms with Crippen LogP contribution in [0.5, 0.6) is 11.5 Å². The van der Waals surface area contributed by atoms with Crippen molar-refractivity contribution in [2.45, 2.75) is 45.1 Å². The van der Waals surface area contributed by atoms with Crippen LogP contribution in [0.15, 0.2) is 53.1 Å². The lowest BCUT2D eigenvalue weighted by atomic mass is 10.00.